The number of hydrogen-bond donors (Lipinski definition) is 4. The molecule has 158 valence electrons. The summed E-state index contributed by atoms with van der Waals surface area (Å²) in [6.45, 7) is 4.41. The van der Waals surface area contributed by atoms with Crippen molar-refractivity contribution < 1.29 is 9.90 Å². The van der Waals surface area contributed by atoms with Crippen molar-refractivity contribution in [2.24, 2.45) is 10.4 Å². The first-order valence-corrected chi connectivity index (χ1v) is 10.1. The van der Waals surface area contributed by atoms with Crippen LogP contribution in [0.5, 0.6) is 0 Å². The van der Waals surface area contributed by atoms with Crippen LogP contribution in [-0.4, -0.2) is 43.7 Å². The van der Waals surface area contributed by atoms with Gasteiger partial charge in [0.1, 0.15) is 0 Å². The second-order valence-electron chi connectivity index (χ2n) is 7.36. The topological polar surface area (TPSA) is 85.8 Å². The molecular formula is C21H35IN4O2. The molecule has 0 heterocycles. The molecule has 4 N–H and O–H groups in total. The summed E-state index contributed by atoms with van der Waals surface area (Å²) in [5, 5.41) is 18.9. The molecule has 28 heavy (non-hydrogen) atoms. The number of nitrogens with zero attached hydrogens (tertiary/aromatic N) is 1. The third-order valence-corrected chi connectivity index (χ3v) is 5.37. The highest BCUT2D eigenvalue weighted by atomic mass is 127. The van der Waals surface area contributed by atoms with Crippen LogP contribution < -0.4 is 16.0 Å². The molecule has 1 aliphatic rings. The van der Waals surface area contributed by atoms with E-state index in [0.717, 1.165) is 43.9 Å². The number of guanidine groups is 1. The van der Waals surface area contributed by atoms with Gasteiger partial charge in [-0.15, -0.1) is 24.0 Å². The SMILES string of the molecule is CCNC(=NCc1cccc(C(=O)NC)c1)NCC1(CCO)CCCCC1.I. The quantitative estimate of drug-likeness (QED) is 0.250. The standard InChI is InChI=1S/C21H34N4O2.HI/c1-3-23-20(25-16-21(12-13-26)10-5-4-6-11-21)24-15-17-8-7-9-18(14-17)19(27)22-2;/h7-9,14,26H,3-6,10-13,15-16H2,1-2H3,(H,22,27)(H2,23,24,25);1H. The molecule has 0 atom stereocenters. The Labute approximate surface area is 186 Å². The Morgan fingerprint density at radius 1 is 1.21 bits per heavy atom. The number of hydrogen-bond acceptors (Lipinski definition) is 3. The van der Waals surface area contributed by atoms with E-state index in [0.29, 0.717) is 12.1 Å². The van der Waals surface area contributed by atoms with Crippen LogP contribution in [0, 0.1) is 5.41 Å². The van der Waals surface area contributed by atoms with E-state index in [9.17, 15) is 9.90 Å². The van der Waals surface area contributed by atoms with E-state index in [1.54, 1.807) is 13.1 Å². The highest BCUT2D eigenvalue weighted by molar-refractivity contribution is 14.0. The maximum atomic E-state index is 11.8. The number of aliphatic hydroxyl groups excluding tert-OH is 1. The Morgan fingerprint density at radius 3 is 2.61 bits per heavy atom. The van der Waals surface area contributed by atoms with Crippen molar-refractivity contribution in [2.75, 3.05) is 26.7 Å². The minimum atomic E-state index is -0.0888. The minimum absolute atomic E-state index is 0. The van der Waals surface area contributed by atoms with E-state index in [-0.39, 0.29) is 41.9 Å². The molecule has 0 unspecified atom stereocenters. The maximum absolute atomic E-state index is 11.8. The van der Waals surface area contributed by atoms with Crippen molar-refractivity contribution >= 4 is 35.8 Å². The highest BCUT2D eigenvalue weighted by Gasteiger charge is 2.31. The predicted octanol–water partition coefficient (Wildman–Crippen LogP) is 3.05. The van der Waals surface area contributed by atoms with Gasteiger partial charge >= 0.3 is 0 Å². The van der Waals surface area contributed by atoms with Crippen molar-refractivity contribution in [3.8, 4) is 0 Å². The summed E-state index contributed by atoms with van der Waals surface area (Å²) >= 11 is 0. The lowest BCUT2D eigenvalue weighted by Crippen LogP contribution is -2.44. The van der Waals surface area contributed by atoms with Gasteiger partial charge in [-0.2, -0.15) is 0 Å². The number of aliphatic hydroxyl groups is 1. The molecule has 1 aliphatic carbocycles. The number of amides is 1. The second-order valence-corrected chi connectivity index (χ2v) is 7.36. The number of carbonyl (C=O) groups excluding carboxylic acids is 1. The Balaban J connectivity index is 0.00000392. The van der Waals surface area contributed by atoms with E-state index in [1.165, 1.54) is 19.3 Å². The zero-order valence-corrected chi connectivity index (χ0v) is 19.4. The molecular weight excluding hydrogens is 467 g/mol. The molecule has 1 fully saturated rings. The van der Waals surface area contributed by atoms with E-state index in [4.69, 9.17) is 0 Å². The molecule has 1 amide bonds. The van der Waals surface area contributed by atoms with Gasteiger partial charge in [-0.05, 0) is 49.3 Å². The summed E-state index contributed by atoms with van der Waals surface area (Å²) in [6, 6.07) is 7.54. The van der Waals surface area contributed by atoms with Crippen LogP contribution in [0.4, 0.5) is 0 Å². The summed E-state index contributed by atoms with van der Waals surface area (Å²) in [6.07, 6.45) is 6.93. The van der Waals surface area contributed by atoms with Gasteiger partial charge in [-0.1, -0.05) is 31.4 Å². The van der Waals surface area contributed by atoms with Crippen LogP contribution in [0.25, 0.3) is 0 Å². The molecule has 0 bridgehead atoms. The molecule has 0 aliphatic heterocycles. The van der Waals surface area contributed by atoms with Gasteiger partial charge in [0.05, 0.1) is 6.54 Å². The largest absolute Gasteiger partial charge is 0.396 e. The average molecular weight is 502 g/mol. The molecule has 1 aromatic carbocycles. The molecule has 2 rings (SSSR count). The fourth-order valence-electron chi connectivity index (χ4n) is 3.79. The monoisotopic (exact) mass is 502 g/mol. The first-order valence-electron chi connectivity index (χ1n) is 10.1. The molecule has 7 heteroatoms. The average Bonchev–Trinajstić information content (AvgIpc) is 2.70. The predicted molar refractivity (Wildman–Crippen MR) is 125 cm³/mol. The lowest BCUT2D eigenvalue weighted by Gasteiger charge is -2.37. The van der Waals surface area contributed by atoms with E-state index in [1.807, 2.05) is 25.1 Å². The lowest BCUT2D eigenvalue weighted by molar-refractivity contribution is 0.0963. The van der Waals surface area contributed by atoms with Gasteiger partial charge in [0.15, 0.2) is 5.96 Å². The fourth-order valence-corrected chi connectivity index (χ4v) is 3.79. The highest BCUT2D eigenvalue weighted by Crippen LogP contribution is 2.38. The lowest BCUT2D eigenvalue weighted by atomic mass is 9.72. The zero-order chi connectivity index (χ0) is 19.5. The van der Waals surface area contributed by atoms with Gasteiger partial charge in [-0.3, -0.25) is 4.79 Å². The van der Waals surface area contributed by atoms with Crippen LogP contribution in [0.3, 0.4) is 0 Å². The van der Waals surface area contributed by atoms with Crippen molar-refractivity contribution in [1.82, 2.24) is 16.0 Å². The Morgan fingerprint density at radius 2 is 1.96 bits per heavy atom. The van der Waals surface area contributed by atoms with Crippen molar-refractivity contribution in [3.63, 3.8) is 0 Å². The van der Waals surface area contributed by atoms with E-state index < -0.39 is 0 Å². The van der Waals surface area contributed by atoms with Gasteiger partial charge in [0.2, 0.25) is 0 Å². The summed E-state index contributed by atoms with van der Waals surface area (Å²) in [7, 11) is 1.63. The van der Waals surface area contributed by atoms with Crippen molar-refractivity contribution in [3.05, 3.63) is 35.4 Å². The number of nitrogens with one attached hydrogen (secondary N) is 3. The smallest absolute Gasteiger partial charge is 0.251 e. The number of halogens is 1. The Hall–Kier alpha value is -1.35. The summed E-state index contributed by atoms with van der Waals surface area (Å²) in [5.41, 5.74) is 1.81. The first-order chi connectivity index (χ1) is 13.1. The number of carbonyl (C=O) groups is 1. The fraction of sp³-hybridized carbons (Fsp3) is 0.619. The summed E-state index contributed by atoms with van der Waals surface area (Å²) in [4.78, 5) is 16.5. The number of rotatable bonds is 8. The van der Waals surface area contributed by atoms with Gasteiger partial charge in [0.25, 0.3) is 5.91 Å². The number of aliphatic imine (C=N–C) groups is 1. The summed E-state index contributed by atoms with van der Waals surface area (Å²) < 4.78 is 0. The van der Waals surface area contributed by atoms with Crippen molar-refractivity contribution in [1.29, 1.82) is 0 Å². The van der Waals surface area contributed by atoms with E-state index in [2.05, 4.69) is 20.9 Å². The van der Waals surface area contributed by atoms with Crippen LogP contribution >= 0.6 is 24.0 Å². The van der Waals surface area contributed by atoms with Gasteiger partial charge < -0.3 is 21.1 Å². The van der Waals surface area contributed by atoms with Crippen LogP contribution in [0.15, 0.2) is 29.3 Å². The molecule has 0 aromatic heterocycles. The second kappa shape index (κ2) is 13.0. The van der Waals surface area contributed by atoms with Crippen molar-refractivity contribution in [2.45, 2.75) is 52.0 Å². The molecule has 1 aromatic rings. The summed E-state index contributed by atoms with van der Waals surface area (Å²) in [5.74, 6) is 0.694. The Kier molecular flexibility index (Phi) is 11.4. The van der Waals surface area contributed by atoms with Crippen LogP contribution in [-0.2, 0) is 6.54 Å². The zero-order valence-electron chi connectivity index (χ0n) is 17.1. The maximum Gasteiger partial charge on any atom is 0.251 e. The number of benzene rings is 1. The molecule has 6 nitrogen and oxygen atoms in total. The van der Waals surface area contributed by atoms with E-state index >= 15 is 0 Å². The third-order valence-electron chi connectivity index (χ3n) is 5.37. The van der Waals surface area contributed by atoms with Gasteiger partial charge in [0, 0.05) is 32.3 Å². The normalized spacial score (nSPS) is 16.0. The third kappa shape index (κ3) is 7.58. The molecule has 0 saturated heterocycles. The first kappa shape index (κ1) is 24.7. The van der Waals surface area contributed by atoms with Crippen LogP contribution in [0.2, 0.25) is 0 Å². The Bertz CT molecular complexity index is 625. The molecule has 0 radical (unpaired) electrons. The van der Waals surface area contributed by atoms with Crippen LogP contribution in [0.1, 0.15) is 61.4 Å². The molecule has 1 saturated carbocycles. The molecule has 0 spiro atoms. The van der Waals surface area contributed by atoms with Gasteiger partial charge in [-0.25, -0.2) is 4.99 Å². The minimum Gasteiger partial charge on any atom is -0.396 e.